The van der Waals surface area contributed by atoms with Crippen molar-refractivity contribution < 1.29 is 21.1 Å². The first-order valence-electron chi connectivity index (χ1n) is 13.2. The number of nitrogens with zero attached hydrogens (tertiary/aromatic N) is 8. The monoisotopic (exact) mass is 677 g/mol. The van der Waals surface area contributed by atoms with Crippen LogP contribution in [0.25, 0.3) is 0 Å². The molecule has 0 radical (unpaired) electrons. The Labute approximate surface area is 235 Å². The van der Waals surface area contributed by atoms with Crippen molar-refractivity contribution in [3.05, 3.63) is 76.3 Å². The molecule has 36 heavy (non-hydrogen) atoms. The minimum absolute atomic E-state index is 0. The van der Waals surface area contributed by atoms with Crippen molar-refractivity contribution in [1.82, 2.24) is 39.2 Å². The smallest absolute Gasteiger partial charge is 0.508 e. The van der Waals surface area contributed by atoms with Gasteiger partial charge in [0.2, 0.25) is 0 Å². The Bertz CT molecular complexity index is 695. The first kappa shape index (κ1) is 30.3. The van der Waals surface area contributed by atoms with Gasteiger partial charge in [-0.3, -0.25) is 0 Å². The van der Waals surface area contributed by atoms with Gasteiger partial charge < -0.3 is 39.2 Å². The zero-order valence-corrected chi connectivity index (χ0v) is 25.0. The summed E-state index contributed by atoms with van der Waals surface area (Å²) in [6, 6.07) is 0.520. The van der Waals surface area contributed by atoms with Crippen LogP contribution in [0, 0.1) is 26.7 Å². The van der Waals surface area contributed by atoms with E-state index in [4.69, 9.17) is 0 Å². The Morgan fingerprint density at radius 2 is 0.917 bits per heavy atom. The van der Waals surface area contributed by atoms with Crippen molar-refractivity contribution >= 4 is 0 Å². The van der Waals surface area contributed by atoms with Crippen LogP contribution in [0.1, 0.15) is 60.3 Å². The number of hydrogen-bond acceptors (Lipinski definition) is 8. The van der Waals surface area contributed by atoms with Crippen LogP contribution >= 0.6 is 0 Å². The van der Waals surface area contributed by atoms with E-state index in [1.165, 1.54) is 25.7 Å². The van der Waals surface area contributed by atoms with Crippen molar-refractivity contribution in [2.45, 2.75) is 66.3 Å². The molecule has 0 aliphatic carbocycles. The zero-order valence-electron chi connectivity index (χ0n) is 22.8. The van der Waals surface area contributed by atoms with Gasteiger partial charge in [-0.25, -0.2) is 0 Å². The normalized spacial score (nSPS) is 18.4. The molecule has 0 atom stereocenters. The maximum Gasteiger partial charge on any atom is 4.00 e. The fourth-order valence-electron chi connectivity index (χ4n) is 3.88. The van der Waals surface area contributed by atoms with Crippen LogP contribution in [0.5, 0.6) is 0 Å². The summed E-state index contributed by atoms with van der Waals surface area (Å²) in [5.74, 6) is 0. The summed E-state index contributed by atoms with van der Waals surface area (Å²) in [6.07, 6.45) is 22.0. The Morgan fingerprint density at radius 3 is 1.31 bits per heavy atom. The molecular formula is C27H46N8Pt. The van der Waals surface area contributed by atoms with E-state index in [-0.39, 0.29) is 21.1 Å². The minimum atomic E-state index is 0. The second kappa shape index (κ2) is 16.0. The van der Waals surface area contributed by atoms with E-state index in [0.29, 0.717) is 6.04 Å². The van der Waals surface area contributed by atoms with Crippen molar-refractivity contribution in [3.63, 3.8) is 0 Å². The molecule has 0 saturated heterocycles. The molecule has 0 bridgehead atoms. The molecule has 0 N–H and O–H groups in total. The predicted octanol–water partition coefficient (Wildman–Crippen LogP) is 4.75. The largest absolute Gasteiger partial charge is 4.00 e. The summed E-state index contributed by atoms with van der Waals surface area (Å²) in [7, 11) is 0. The van der Waals surface area contributed by atoms with Gasteiger partial charge in [0, 0.05) is 13.3 Å². The van der Waals surface area contributed by atoms with Crippen LogP contribution in [0.3, 0.4) is 0 Å². The first-order valence-corrected chi connectivity index (χ1v) is 13.2. The molecule has 0 amide bonds. The third-order valence-electron chi connectivity index (χ3n) is 6.11. The van der Waals surface area contributed by atoms with Crippen molar-refractivity contribution in [2.75, 3.05) is 33.0 Å². The molecule has 204 valence electrons. The summed E-state index contributed by atoms with van der Waals surface area (Å²) in [6.45, 7) is 24.6. The van der Waals surface area contributed by atoms with Gasteiger partial charge >= 0.3 is 21.1 Å². The van der Waals surface area contributed by atoms with E-state index in [0.717, 1.165) is 33.0 Å². The van der Waals surface area contributed by atoms with Gasteiger partial charge in [0.05, 0.1) is 0 Å². The Hall–Kier alpha value is -1.95. The van der Waals surface area contributed by atoms with E-state index >= 15 is 0 Å². The molecule has 4 rings (SSSR count). The van der Waals surface area contributed by atoms with Crippen molar-refractivity contribution in [3.8, 4) is 0 Å². The quantitative estimate of drug-likeness (QED) is 0.274. The first-order chi connectivity index (χ1) is 17.0. The Balaban J connectivity index is 0.000000250. The van der Waals surface area contributed by atoms with Crippen LogP contribution in [0.15, 0.2) is 49.6 Å². The third-order valence-corrected chi connectivity index (χ3v) is 6.11. The summed E-state index contributed by atoms with van der Waals surface area (Å²) in [5, 5.41) is 0. The van der Waals surface area contributed by atoms with Gasteiger partial charge in [-0.15, -0.1) is 0 Å². The molecule has 0 aromatic carbocycles. The predicted molar refractivity (Wildman–Crippen MR) is 143 cm³/mol. The van der Waals surface area contributed by atoms with Gasteiger partial charge in [-0.2, -0.15) is 26.7 Å². The summed E-state index contributed by atoms with van der Waals surface area (Å²) >= 11 is 0. The average Bonchev–Trinajstić information content (AvgIpc) is 3.65. The standard InChI is InChI=1S/C15H26N4.C12H20N4.Pt/c1-3-5-7-16-9-11-18(13-16)15-19-12-10-17(14-19)8-6-4-2;1-4-13-5-6-14(9-13)10-15-7-8-16(11-15)12(2)3;/h9-14H,3-8,15H2,1-2H3;5-9,11-12H,4,10H2,1-3H3;/q2*-2;+4. The van der Waals surface area contributed by atoms with E-state index in [2.05, 4.69) is 150 Å². The summed E-state index contributed by atoms with van der Waals surface area (Å²) in [4.78, 5) is 17.7. The fraction of sp³-hybridized carbons (Fsp3) is 0.556. The van der Waals surface area contributed by atoms with Gasteiger partial charge in [-0.05, 0) is 102 Å². The molecule has 4 aliphatic rings. The molecule has 4 heterocycles. The molecule has 0 fully saturated rings. The van der Waals surface area contributed by atoms with Gasteiger partial charge in [0.1, 0.15) is 0 Å². The van der Waals surface area contributed by atoms with E-state index in [1.54, 1.807) is 0 Å². The van der Waals surface area contributed by atoms with Crippen molar-refractivity contribution in [2.24, 2.45) is 0 Å². The molecular weight excluding hydrogens is 631 g/mol. The molecule has 4 aliphatic heterocycles. The number of hydrogen-bond donors (Lipinski definition) is 0. The molecule has 0 unspecified atom stereocenters. The molecule has 0 aromatic rings. The number of rotatable bonds is 12. The van der Waals surface area contributed by atoms with Gasteiger partial charge in [-0.1, -0.05) is 33.6 Å². The maximum atomic E-state index is 2.26. The molecule has 0 saturated carbocycles. The van der Waals surface area contributed by atoms with E-state index < -0.39 is 0 Å². The number of unbranched alkanes of at least 4 members (excludes halogenated alkanes) is 2. The maximum absolute atomic E-state index is 2.26. The van der Waals surface area contributed by atoms with Crippen molar-refractivity contribution in [1.29, 1.82) is 0 Å². The Morgan fingerprint density at radius 1 is 0.528 bits per heavy atom. The topological polar surface area (TPSA) is 25.9 Å². The van der Waals surface area contributed by atoms with Crippen LogP contribution in [-0.2, 0) is 21.1 Å². The third kappa shape index (κ3) is 9.83. The molecule has 0 spiro atoms. The SMILES string of the molecule is CCCCN1C=CN(CN2C=CN(CCCC)[CH-]2)[CH-]1.CCN1C=CN(CN2C=CN(C(C)C)[CH-]2)[CH-]1.[Pt+4]. The Kier molecular flexibility index (Phi) is 13.5. The van der Waals surface area contributed by atoms with Crippen LogP contribution < -0.4 is 0 Å². The minimum Gasteiger partial charge on any atom is -0.508 e. The second-order valence-electron chi connectivity index (χ2n) is 9.55. The van der Waals surface area contributed by atoms with Crippen LogP contribution in [0.4, 0.5) is 0 Å². The fourth-order valence-corrected chi connectivity index (χ4v) is 3.88. The zero-order chi connectivity index (χ0) is 25.0. The van der Waals surface area contributed by atoms with Gasteiger partial charge in [0.15, 0.2) is 0 Å². The molecule has 8 nitrogen and oxygen atoms in total. The van der Waals surface area contributed by atoms with Gasteiger partial charge in [0.25, 0.3) is 0 Å². The average molecular weight is 678 g/mol. The molecule has 9 heteroatoms. The summed E-state index contributed by atoms with van der Waals surface area (Å²) < 4.78 is 0. The summed E-state index contributed by atoms with van der Waals surface area (Å²) in [5.41, 5.74) is 0. The van der Waals surface area contributed by atoms with Crippen LogP contribution in [-0.4, -0.2) is 78.2 Å². The second-order valence-corrected chi connectivity index (χ2v) is 9.55. The van der Waals surface area contributed by atoms with E-state index in [9.17, 15) is 0 Å². The van der Waals surface area contributed by atoms with Crippen LogP contribution in [0.2, 0.25) is 0 Å². The molecule has 0 aromatic heterocycles. The van der Waals surface area contributed by atoms with E-state index in [1.807, 2.05) is 0 Å².